The summed E-state index contributed by atoms with van der Waals surface area (Å²) in [5.41, 5.74) is 0.530. The van der Waals surface area contributed by atoms with Crippen molar-refractivity contribution in [2.45, 2.75) is 25.8 Å². The van der Waals surface area contributed by atoms with Crippen LogP contribution in [0.5, 0.6) is 0 Å². The van der Waals surface area contributed by atoms with Crippen LogP contribution in [0.2, 0.25) is 0 Å². The van der Waals surface area contributed by atoms with Crippen LogP contribution in [0, 0.1) is 5.82 Å². The predicted octanol–water partition coefficient (Wildman–Crippen LogP) is 2.20. The molecule has 0 aliphatic carbocycles. The van der Waals surface area contributed by atoms with Gasteiger partial charge in [-0.2, -0.15) is 0 Å². The molecule has 2 saturated heterocycles. The molecule has 6 nitrogen and oxygen atoms in total. The molecule has 0 radical (unpaired) electrons. The molecule has 2 aliphatic heterocycles. The first-order valence-electron chi connectivity index (χ1n) is 9.29. The van der Waals surface area contributed by atoms with E-state index in [0.717, 1.165) is 39.0 Å². The van der Waals surface area contributed by atoms with E-state index in [2.05, 4.69) is 4.90 Å². The molecule has 2 fully saturated rings. The number of piperidine rings is 1. The summed E-state index contributed by atoms with van der Waals surface area (Å²) in [4.78, 5) is 30.3. The third-order valence-corrected chi connectivity index (χ3v) is 5.20. The number of benzene rings is 1. The second kappa shape index (κ2) is 8.49. The zero-order chi connectivity index (χ0) is 18.5. The van der Waals surface area contributed by atoms with Crippen LogP contribution in [0.4, 0.5) is 9.18 Å². The Hall–Kier alpha value is -2.15. The van der Waals surface area contributed by atoms with Crippen LogP contribution in [-0.4, -0.2) is 78.6 Å². The Kier molecular flexibility index (Phi) is 6.08. The Morgan fingerprint density at radius 3 is 2.19 bits per heavy atom. The maximum Gasteiger partial charge on any atom is 0.409 e. The van der Waals surface area contributed by atoms with Crippen molar-refractivity contribution in [1.29, 1.82) is 0 Å². The highest BCUT2D eigenvalue weighted by Gasteiger charge is 2.30. The summed E-state index contributed by atoms with van der Waals surface area (Å²) in [5.74, 6) is -0.373. The molecule has 0 atom stereocenters. The smallest absolute Gasteiger partial charge is 0.409 e. The fraction of sp³-hybridized carbons (Fsp3) is 0.579. The molecule has 0 spiro atoms. The van der Waals surface area contributed by atoms with Gasteiger partial charge in [-0.1, -0.05) is 0 Å². The standard InChI is InChI=1S/C19H26FN3O3/c1-2-26-19(25)23-9-7-17(8-10-23)21-11-13-22(14-12-21)18(24)15-3-5-16(20)6-4-15/h3-6,17H,2,7-14H2,1H3. The molecule has 2 aliphatic rings. The predicted molar refractivity (Wildman–Crippen MR) is 95.5 cm³/mol. The first kappa shape index (κ1) is 18.6. The molecule has 2 amide bonds. The first-order chi connectivity index (χ1) is 12.6. The van der Waals surface area contributed by atoms with Crippen molar-refractivity contribution in [3.05, 3.63) is 35.6 Å². The Labute approximate surface area is 153 Å². The highest BCUT2D eigenvalue weighted by atomic mass is 19.1. The molecule has 0 aromatic heterocycles. The monoisotopic (exact) mass is 363 g/mol. The van der Waals surface area contributed by atoms with Gasteiger partial charge >= 0.3 is 6.09 Å². The van der Waals surface area contributed by atoms with Crippen molar-refractivity contribution in [1.82, 2.24) is 14.7 Å². The van der Waals surface area contributed by atoms with E-state index in [1.54, 1.807) is 4.90 Å². The van der Waals surface area contributed by atoms with Crippen molar-refractivity contribution >= 4 is 12.0 Å². The minimum Gasteiger partial charge on any atom is -0.450 e. The first-order valence-corrected chi connectivity index (χ1v) is 9.29. The minimum absolute atomic E-state index is 0.0400. The highest BCUT2D eigenvalue weighted by molar-refractivity contribution is 5.94. The van der Waals surface area contributed by atoms with Gasteiger partial charge in [0, 0.05) is 50.9 Å². The molecule has 7 heteroatoms. The molecule has 2 heterocycles. The van der Waals surface area contributed by atoms with Crippen LogP contribution < -0.4 is 0 Å². The molecule has 1 aromatic carbocycles. The van der Waals surface area contributed by atoms with Crippen molar-refractivity contribution in [2.24, 2.45) is 0 Å². The number of piperazine rings is 1. The van der Waals surface area contributed by atoms with Crippen LogP contribution in [0.25, 0.3) is 0 Å². The van der Waals surface area contributed by atoms with Crippen molar-refractivity contribution in [3.63, 3.8) is 0 Å². The van der Waals surface area contributed by atoms with E-state index in [9.17, 15) is 14.0 Å². The van der Waals surface area contributed by atoms with Gasteiger partial charge in [-0.15, -0.1) is 0 Å². The number of hydrogen-bond donors (Lipinski definition) is 0. The zero-order valence-corrected chi connectivity index (χ0v) is 15.2. The second-order valence-electron chi connectivity index (χ2n) is 6.75. The molecule has 0 N–H and O–H groups in total. The Bertz CT molecular complexity index is 621. The van der Waals surface area contributed by atoms with E-state index in [1.807, 2.05) is 11.8 Å². The van der Waals surface area contributed by atoms with Gasteiger partial charge in [-0.05, 0) is 44.0 Å². The highest BCUT2D eigenvalue weighted by Crippen LogP contribution is 2.19. The van der Waals surface area contributed by atoms with E-state index in [4.69, 9.17) is 4.74 Å². The third kappa shape index (κ3) is 4.33. The number of halogens is 1. The lowest BCUT2D eigenvalue weighted by molar-refractivity contribution is 0.0417. The number of carbonyl (C=O) groups is 2. The summed E-state index contributed by atoms with van der Waals surface area (Å²) >= 11 is 0. The number of rotatable bonds is 3. The number of nitrogens with zero attached hydrogens (tertiary/aromatic N) is 3. The van der Waals surface area contributed by atoms with Gasteiger partial charge in [-0.3, -0.25) is 9.69 Å². The van der Waals surface area contributed by atoms with Gasteiger partial charge in [0.25, 0.3) is 5.91 Å². The third-order valence-electron chi connectivity index (χ3n) is 5.20. The molecular weight excluding hydrogens is 337 g/mol. The topological polar surface area (TPSA) is 53.1 Å². The number of likely N-dealkylation sites (tertiary alicyclic amines) is 1. The van der Waals surface area contributed by atoms with E-state index < -0.39 is 0 Å². The quantitative estimate of drug-likeness (QED) is 0.826. The fourth-order valence-corrected chi connectivity index (χ4v) is 3.69. The van der Waals surface area contributed by atoms with Crippen LogP contribution in [0.1, 0.15) is 30.1 Å². The van der Waals surface area contributed by atoms with Gasteiger partial charge in [-0.25, -0.2) is 9.18 Å². The molecule has 3 rings (SSSR count). The molecule has 142 valence electrons. The van der Waals surface area contributed by atoms with E-state index in [-0.39, 0.29) is 17.8 Å². The van der Waals surface area contributed by atoms with Crippen molar-refractivity contribution in [2.75, 3.05) is 45.9 Å². The number of ether oxygens (including phenoxy) is 1. The summed E-state index contributed by atoms with van der Waals surface area (Å²) in [6.45, 7) is 6.67. The maximum absolute atomic E-state index is 13.0. The van der Waals surface area contributed by atoms with Crippen LogP contribution in [0.15, 0.2) is 24.3 Å². The lowest BCUT2D eigenvalue weighted by atomic mass is 10.0. The number of hydrogen-bond acceptors (Lipinski definition) is 4. The summed E-state index contributed by atoms with van der Waals surface area (Å²) in [7, 11) is 0. The Morgan fingerprint density at radius 1 is 1.00 bits per heavy atom. The fourth-order valence-electron chi connectivity index (χ4n) is 3.69. The van der Waals surface area contributed by atoms with Crippen LogP contribution in [-0.2, 0) is 4.74 Å². The molecule has 26 heavy (non-hydrogen) atoms. The lowest BCUT2D eigenvalue weighted by Gasteiger charge is -2.42. The molecular formula is C19H26FN3O3. The SMILES string of the molecule is CCOC(=O)N1CCC(N2CCN(C(=O)c3ccc(F)cc3)CC2)CC1. The van der Waals surface area contributed by atoms with Crippen LogP contribution >= 0.6 is 0 Å². The van der Waals surface area contributed by atoms with Gasteiger partial charge in [0.15, 0.2) is 0 Å². The number of amides is 2. The largest absolute Gasteiger partial charge is 0.450 e. The van der Waals surface area contributed by atoms with Crippen molar-refractivity contribution in [3.8, 4) is 0 Å². The van der Waals surface area contributed by atoms with Gasteiger partial charge < -0.3 is 14.5 Å². The molecule has 0 bridgehead atoms. The van der Waals surface area contributed by atoms with Gasteiger partial charge in [0.1, 0.15) is 5.82 Å². The lowest BCUT2D eigenvalue weighted by Crippen LogP contribution is -2.54. The molecule has 1 aromatic rings. The minimum atomic E-state index is -0.333. The Morgan fingerprint density at radius 2 is 1.62 bits per heavy atom. The van der Waals surface area contributed by atoms with E-state index >= 15 is 0 Å². The average Bonchev–Trinajstić information content (AvgIpc) is 2.68. The second-order valence-corrected chi connectivity index (χ2v) is 6.75. The van der Waals surface area contributed by atoms with Crippen LogP contribution in [0.3, 0.4) is 0 Å². The summed E-state index contributed by atoms with van der Waals surface area (Å²) in [5, 5.41) is 0. The summed E-state index contributed by atoms with van der Waals surface area (Å²) < 4.78 is 18.1. The van der Waals surface area contributed by atoms with Crippen molar-refractivity contribution < 1.29 is 18.7 Å². The maximum atomic E-state index is 13.0. The van der Waals surface area contributed by atoms with Gasteiger partial charge in [0.05, 0.1) is 6.61 Å². The Balaban J connectivity index is 1.46. The summed E-state index contributed by atoms with van der Waals surface area (Å²) in [6.07, 6.45) is 1.65. The number of carbonyl (C=O) groups excluding carboxylic acids is 2. The molecule has 0 unspecified atom stereocenters. The van der Waals surface area contributed by atoms with Gasteiger partial charge in [0.2, 0.25) is 0 Å². The zero-order valence-electron chi connectivity index (χ0n) is 15.2. The van der Waals surface area contributed by atoms with E-state index in [1.165, 1.54) is 24.3 Å². The average molecular weight is 363 g/mol. The van der Waals surface area contributed by atoms with E-state index in [0.29, 0.717) is 31.3 Å². The molecule has 0 saturated carbocycles. The normalized spacial score (nSPS) is 19.5. The summed E-state index contributed by atoms with van der Waals surface area (Å²) in [6, 6.07) is 6.16.